The number of nitrogens with one attached hydrogen (secondary N) is 1. The van der Waals surface area contributed by atoms with Gasteiger partial charge in [-0.1, -0.05) is 13.8 Å². The van der Waals surface area contributed by atoms with Crippen LogP contribution in [0.4, 0.5) is 0 Å². The third-order valence-electron chi connectivity index (χ3n) is 4.26. The van der Waals surface area contributed by atoms with Gasteiger partial charge in [0.05, 0.1) is 24.9 Å². The Bertz CT molecular complexity index is 793. The molecule has 1 aliphatic rings. The molecule has 2 aromatic rings. The average molecular weight is 357 g/mol. The number of benzene rings is 1. The summed E-state index contributed by atoms with van der Waals surface area (Å²) >= 11 is 1.46. The molecule has 3 rings (SSSR count). The van der Waals surface area contributed by atoms with E-state index >= 15 is 0 Å². The first-order valence-electron chi connectivity index (χ1n) is 8.36. The third-order valence-corrected chi connectivity index (χ3v) is 5.12. The van der Waals surface area contributed by atoms with Crippen LogP contribution in [0.5, 0.6) is 5.75 Å². The Labute approximate surface area is 152 Å². The van der Waals surface area contributed by atoms with Crippen molar-refractivity contribution in [2.45, 2.75) is 20.3 Å². The molecule has 25 heavy (non-hydrogen) atoms. The molecule has 0 saturated carbocycles. The summed E-state index contributed by atoms with van der Waals surface area (Å²) in [6.45, 7) is 5.50. The number of methoxy groups -OCH3 is 1. The number of ether oxygens (including phenoxy) is 1. The Morgan fingerprint density at radius 1 is 1.32 bits per heavy atom. The van der Waals surface area contributed by atoms with Crippen molar-refractivity contribution < 1.29 is 9.84 Å². The van der Waals surface area contributed by atoms with Gasteiger partial charge in [-0.15, -0.1) is 11.3 Å². The summed E-state index contributed by atoms with van der Waals surface area (Å²) in [6, 6.07) is 7.72. The van der Waals surface area contributed by atoms with E-state index < -0.39 is 0 Å². The largest absolute Gasteiger partial charge is 0.510 e. The van der Waals surface area contributed by atoms with Crippen LogP contribution in [-0.4, -0.2) is 41.0 Å². The number of aromatic nitrogens is 1. The fourth-order valence-electron chi connectivity index (χ4n) is 2.75. The van der Waals surface area contributed by atoms with Gasteiger partial charge in [-0.2, -0.15) is 0 Å². The normalized spacial score (nSPS) is 14.7. The number of thiazole rings is 1. The Balaban J connectivity index is 1.79. The smallest absolute Gasteiger partial charge is 0.135 e. The summed E-state index contributed by atoms with van der Waals surface area (Å²) in [7, 11) is 1.64. The lowest BCUT2D eigenvalue weighted by Gasteiger charge is -2.19. The van der Waals surface area contributed by atoms with Crippen molar-refractivity contribution in [1.82, 2.24) is 9.88 Å². The highest BCUT2D eigenvalue weighted by Crippen LogP contribution is 2.32. The molecular weight excluding hydrogens is 334 g/mol. The van der Waals surface area contributed by atoms with Crippen molar-refractivity contribution in [3.05, 3.63) is 40.4 Å². The highest BCUT2D eigenvalue weighted by molar-refractivity contribution is 7.11. The summed E-state index contributed by atoms with van der Waals surface area (Å²) in [6.07, 6.45) is 0.998. The van der Waals surface area contributed by atoms with Crippen LogP contribution in [0.1, 0.15) is 25.3 Å². The predicted molar refractivity (Wildman–Crippen MR) is 102 cm³/mol. The summed E-state index contributed by atoms with van der Waals surface area (Å²) in [4.78, 5) is 6.56. The van der Waals surface area contributed by atoms with Gasteiger partial charge in [-0.25, -0.2) is 4.98 Å². The van der Waals surface area contributed by atoms with Crippen LogP contribution in [-0.2, 0) is 0 Å². The minimum Gasteiger partial charge on any atom is -0.510 e. The van der Waals surface area contributed by atoms with E-state index in [2.05, 4.69) is 18.8 Å². The van der Waals surface area contributed by atoms with Gasteiger partial charge in [-0.3, -0.25) is 5.41 Å². The summed E-state index contributed by atoms with van der Waals surface area (Å²) in [5.41, 5.74) is 2.40. The second-order valence-electron chi connectivity index (χ2n) is 6.54. The molecule has 0 radical (unpaired) electrons. The second kappa shape index (κ2) is 7.27. The van der Waals surface area contributed by atoms with E-state index in [9.17, 15) is 5.11 Å². The molecule has 1 aromatic carbocycles. The topological polar surface area (TPSA) is 69.4 Å². The molecule has 0 spiro atoms. The number of hydrogen-bond donors (Lipinski definition) is 2. The number of aliphatic hydroxyl groups excluding tert-OH is 1. The average Bonchev–Trinajstić information content (AvgIpc) is 3.17. The van der Waals surface area contributed by atoms with E-state index in [-0.39, 0.29) is 5.76 Å². The number of nitrogens with zero attached hydrogens (tertiary/aromatic N) is 2. The first kappa shape index (κ1) is 17.5. The third kappa shape index (κ3) is 3.69. The summed E-state index contributed by atoms with van der Waals surface area (Å²) in [5, 5.41) is 21.4. The zero-order valence-corrected chi connectivity index (χ0v) is 15.6. The first-order chi connectivity index (χ1) is 12.0. The Morgan fingerprint density at radius 2 is 2.04 bits per heavy atom. The molecule has 1 aromatic heterocycles. The van der Waals surface area contributed by atoms with Crippen molar-refractivity contribution in [1.29, 1.82) is 5.41 Å². The van der Waals surface area contributed by atoms with E-state index in [0.29, 0.717) is 28.9 Å². The van der Waals surface area contributed by atoms with E-state index in [1.165, 1.54) is 11.3 Å². The van der Waals surface area contributed by atoms with E-state index in [4.69, 9.17) is 10.1 Å². The number of rotatable bonds is 6. The van der Waals surface area contributed by atoms with Gasteiger partial charge in [0.1, 0.15) is 22.4 Å². The molecule has 0 aliphatic carbocycles. The van der Waals surface area contributed by atoms with Crippen LogP contribution in [0.15, 0.2) is 35.4 Å². The summed E-state index contributed by atoms with van der Waals surface area (Å²) < 4.78 is 5.18. The number of hydrogen-bond acceptors (Lipinski definition) is 5. The minimum absolute atomic E-state index is 0.240. The lowest BCUT2D eigenvalue weighted by Crippen LogP contribution is -2.28. The van der Waals surface area contributed by atoms with Crippen molar-refractivity contribution in [3.8, 4) is 17.0 Å². The Kier molecular flexibility index (Phi) is 5.08. The summed E-state index contributed by atoms with van der Waals surface area (Å²) in [5.74, 6) is 1.98. The standard InChI is InChI=1S/C19H23N3O2S/c1-12(2)8-9-22-10-16(23)17(18(22)20)19-21-15(11-25-19)13-4-6-14(24-3)7-5-13/h4-7,11-12,20,23H,8-10H2,1-3H3. The molecule has 5 nitrogen and oxygen atoms in total. The molecule has 1 aliphatic heterocycles. The molecule has 132 valence electrons. The van der Waals surface area contributed by atoms with Crippen molar-refractivity contribution >= 4 is 22.7 Å². The SMILES string of the molecule is COc1ccc(-c2csc(C3=C(O)CN(CCC(C)C)C3=N)n2)cc1. The first-order valence-corrected chi connectivity index (χ1v) is 9.24. The van der Waals surface area contributed by atoms with Gasteiger partial charge >= 0.3 is 0 Å². The fraction of sp³-hybridized carbons (Fsp3) is 0.368. The molecule has 0 saturated heterocycles. The zero-order chi connectivity index (χ0) is 18.0. The highest BCUT2D eigenvalue weighted by Gasteiger charge is 2.30. The lowest BCUT2D eigenvalue weighted by molar-refractivity contribution is 0.337. The molecular formula is C19H23N3O2S. The maximum Gasteiger partial charge on any atom is 0.135 e. The van der Waals surface area contributed by atoms with Gasteiger partial charge in [0.2, 0.25) is 0 Å². The van der Waals surface area contributed by atoms with Crippen LogP contribution < -0.4 is 4.74 Å². The van der Waals surface area contributed by atoms with Crippen LogP contribution in [0.3, 0.4) is 0 Å². The van der Waals surface area contributed by atoms with Crippen LogP contribution >= 0.6 is 11.3 Å². The van der Waals surface area contributed by atoms with Gasteiger partial charge in [0.15, 0.2) is 0 Å². The number of amidine groups is 1. The highest BCUT2D eigenvalue weighted by atomic mass is 32.1. The maximum atomic E-state index is 10.3. The molecule has 0 bridgehead atoms. The van der Waals surface area contributed by atoms with Gasteiger partial charge in [0.25, 0.3) is 0 Å². The van der Waals surface area contributed by atoms with E-state index in [1.807, 2.05) is 34.5 Å². The zero-order valence-electron chi connectivity index (χ0n) is 14.7. The minimum atomic E-state index is 0.240. The van der Waals surface area contributed by atoms with Crippen molar-refractivity contribution in [2.75, 3.05) is 20.2 Å². The molecule has 0 atom stereocenters. The van der Waals surface area contributed by atoms with E-state index in [0.717, 1.165) is 30.0 Å². The van der Waals surface area contributed by atoms with Gasteiger partial charge < -0.3 is 14.7 Å². The lowest BCUT2D eigenvalue weighted by atomic mass is 10.1. The fourth-order valence-corrected chi connectivity index (χ4v) is 3.64. The van der Waals surface area contributed by atoms with Crippen LogP contribution in [0, 0.1) is 11.3 Å². The van der Waals surface area contributed by atoms with Gasteiger partial charge in [-0.05, 0) is 36.6 Å². The second-order valence-corrected chi connectivity index (χ2v) is 7.40. The monoisotopic (exact) mass is 357 g/mol. The molecule has 2 N–H and O–H groups in total. The van der Waals surface area contributed by atoms with Crippen molar-refractivity contribution in [3.63, 3.8) is 0 Å². The Morgan fingerprint density at radius 3 is 2.68 bits per heavy atom. The molecule has 0 unspecified atom stereocenters. The van der Waals surface area contributed by atoms with Crippen LogP contribution in [0.25, 0.3) is 16.8 Å². The molecule has 6 heteroatoms. The maximum absolute atomic E-state index is 10.3. The van der Waals surface area contributed by atoms with Crippen molar-refractivity contribution in [2.24, 2.45) is 5.92 Å². The Hall–Kier alpha value is -2.34. The number of aliphatic hydroxyl groups is 1. The predicted octanol–water partition coefficient (Wildman–Crippen LogP) is 4.43. The van der Waals surface area contributed by atoms with Crippen LogP contribution in [0.2, 0.25) is 0 Å². The quantitative estimate of drug-likeness (QED) is 0.802. The van der Waals surface area contributed by atoms with Gasteiger partial charge in [0, 0.05) is 17.5 Å². The van der Waals surface area contributed by atoms with E-state index in [1.54, 1.807) is 7.11 Å². The molecule has 0 amide bonds. The molecule has 0 fully saturated rings. The molecule has 2 heterocycles.